The van der Waals surface area contributed by atoms with Gasteiger partial charge in [-0.1, -0.05) is 29.3 Å². The van der Waals surface area contributed by atoms with Gasteiger partial charge >= 0.3 is 5.97 Å². The number of hydrogen-bond donors (Lipinski definition) is 2. The molecule has 0 unspecified atom stereocenters. The monoisotopic (exact) mass is 330 g/mol. The van der Waals surface area contributed by atoms with E-state index in [0.29, 0.717) is 23.2 Å². The maximum Gasteiger partial charge on any atom is 0.317 e. The van der Waals surface area contributed by atoms with Crippen LogP contribution in [0.5, 0.6) is 0 Å². The summed E-state index contributed by atoms with van der Waals surface area (Å²) in [7, 11) is 0. The van der Waals surface area contributed by atoms with Gasteiger partial charge in [-0.15, -0.1) is 0 Å². The van der Waals surface area contributed by atoms with Gasteiger partial charge in [-0.2, -0.15) is 0 Å². The molecule has 21 heavy (non-hydrogen) atoms. The van der Waals surface area contributed by atoms with E-state index < -0.39 is 5.97 Å². The van der Waals surface area contributed by atoms with Crippen LogP contribution >= 0.6 is 23.2 Å². The molecular weight excluding hydrogens is 315 g/mol. The highest BCUT2D eigenvalue weighted by Gasteiger charge is 2.26. The molecule has 1 saturated carbocycles. The molecule has 114 valence electrons. The summed E-state index contributed by atoms with van der Waals surface area (Å²) in [5.74, 6) is -0.739. The first-order chi connectivity index (χ1) is 9.95. The summed E-state index contributed by atoms with van der Waals surface area (Å²) in [5.41, 5.74) is 0.427. The lowest BCUT2D eigenvalue weighted by atomic mass is 10.3. The normalized spacial score (nSPS) is 14.2. The number of amides is 1. The second kappa shape index (κ2) is 7.11. The largest absolute Gasteiger partial charge is 0.480 e. The Hall–Kier alpha value is -1.30. The Morgan fingerprint density at radius 1 is 1.29 bits per heavy atom. The van der Waals surface area contributed by atoms with E-state index in [2.05, 4.69) is 5.32 Å². The number of hydrogen-bond acceptors (Lipinski definition) is 3. The number of carboxylic acid groups (broad SMARTS) is 1. The van der Waals surface area contributed by atoms with E-state index in [1.165, 1.54) is 0 Å². The predicted molar refractivity (Wildman–Crippen MR) is 81.9 cm³/mol. The van der Waals surface area contributed by atoms with Crippen LogP contribution in [0.2, 0.25) is 10.0 Å². The summed E-state index contributed by atoms with van der Waals surface area (Å²) < 4.78 is 0. The zero-order chi connectivity index (χ0) is 15.4. The van der Waals surface area contributed by atoms with Crippen molar-refractivity contribution in [3.8, 4) is 0 Å². The Kier molecular flexibility index (Phi) is 5.45. The van der Waals surface area contributed by atoms with Gasteiger partial charge < -0.3 is 10.4 Å². The topological polar surface area (TPSA) is 69.6 Å². The average molecular weight is 331 g/mol. The minimum atomic E-state index is -0.941. The number of rotatable bonds is 7. The van der Waals surface area contributed by atoms with Crippen molar-refractivity contribution in [1.29, 1.82) is 0 Å². The third-order valence-electron chi connectivity index (χ3n) is 3.17. The number of carbonyl (C=O) groups excluding carboxylic acids is 1. The van der Waals surface area contributed by atoms with Crippen LogP contribution in [-0.2, 0) is 9.59 Å². The smallest absolute Gasteiger partial charge is 0.317 e. The zero-order valence-corrected chi connectivity index (χ0v) is 12.8. The molecule has 0 aliphatic heterocycles. The first-order valence-corrected chi connectivity index (χ1v) is 7.39. The molecule has 1 aromatic rings. The number of carboxylic acids is 1. The van der Waals surface area contributed by atoms with E-state index in [9.17, 15) is 9.59 Å². The Bertz CT molecular complexity index is 547. The Labute approximate surface area is 132 Å². The SMILES string of the molecule is O=C(O)CN(CC(=O)Nc1cccc(Cl)c1Cl)CC1CC1. The molecule has 5 nitrogen and oxygen atoms in total. The van der Waals surface area contributed by atoms with E-state index in [1.54, 1.807) is 23.1 Å². The fourth-order valence-corrected chi connectivity index (χ4v) is 2.38. The molecule has 0 spiro atoms. The Morgan fingerprint density at radius 3 is 2.62 bits per heavy atom. The lowest BCUT2D eigenvalue weighted by Gasteiger charge is -2.19. The summed E-state index contributed by atoms with van der Waals surface area (Å²) in [6.45, 7) is 0.502. The van der Waals surface area contributed by atoms with Gasteiger partial charge in [-0.3, -0.25) is 14.5 Å². The predicted octanol–water partition coefficient (Wildman–Crippen LogP) is 2.73. The van der Waals surface area contributed by atoms with Gasteiger partial charge in [0.25, 0.3) is 0 Å². The van der Waals surface area contributed by atoms with Crippen LogP contribution in [-0.4, -0.2) is 41.5 Å². The van der Waals surface area contributed by atoms with Crippen molar-refractivity contribution in [2.45, 2.75) is 12.8 Å². The van der Waals surface area contributed by atoms with Gasteiger partial charge in [0.15, 0.2) is 0 Å². The molecule has 0 bridgehead atoms. The third-order valence-corrected chi connectivity index (χ3v) is 3.98. The molecule has 2 N–H and O–H groups in total. The average Bonchev–Trinajstić information content (AvgIpc) is 3.18. The number of anilines is 1. The molecule has 7 heteroatoms. The van der Waals surface area contributed by atoms with Gasteiger partial charge in [0, 0.05) is 6.54 Å². The molecule has 1 amide bonds. The standard InChI is InChI=1S/C14H16Cl2N2O3/c15-10-2-1-3-11(14(10)16)17-12(19)7-18(8-13(20)21)6-9-4-5-9/h1-3,9H,4-8H2,(H,17,19)(H,20,21). The summed E-state index contributed by atoms with van der Waals surface area (Å²) in [6, 6.07) is 4.96. The number of carbonyl (C=O) groups is 2. The van der Waals surface area contributed by atoms with E-state index in [0.717, 1.165) is 12.8 Å². The molecule has 1 aromatic carbocycles. The van der Waals surface area contributed by atoms with Crippen LogP contribution in [0.3, 0.4) is 0 Å². The molecule has 1 aliphatic rings. The minimum Gasteiger partial charge on any atom is -0.480 e. The second-order valence-electron chi connectivity index (χ2n) is 5.16. The van der Waals surface area contributed by atoms with Crippen molar-refractivity contribution in [1.82, 2.24) is 4.90 Å². The number of halogens is 2. The van der Waals surface area contributed by atoms with Crippen LogP contribution in [0.4, 0.5) is 5.69 Å². The van der Waals surface area contributed by atoms with Crippen molar-refractivity contribution in [2.75, 3.05) is 25.0 Å². The summed E-state index contributed by atoms with van der Waals surface area (Å²) in [4.78, 5) is 24.5. The minimum absolute atomic E-state index is 0.0195. The zero-order valence-electron chi connectivity index (χ0n) is 11.3. The maximum absolute atomic E-state index is 12.0. The van der Waals surface area contributed by atoms with Crippen molar-refractivity contribution < 1.29 is 14.7 Å². The maximum atomic E-state index is 12.0. The molecular formula is C14H16Cl2N2O3. The third kappa shape index (κ3) is 5.19. The lowest BCUT2D eigenvalue weighted by molar-refractivity contribution is -0.138. The summed E-state index contributed by atoms with van der Waals surface area (Å²) >= 11 is 11.9. The van der Waals surface area contributed by atoms with Gasteiger partial charge in [0.2, 0.25) is 5.91 Å². The number of aliphatic carboxylic acids is 1. The van der Waals surface area contributed by atoms with Gasteiger partial charge in [0.05, 0.1) is 28.8 Å². The van der Waals surface area contributed by atoms with Gasteiger partial charge in [-0.05, 0) is 30.9 Å². The highest BCUT2D eigenvalue weighted by atomic mass is 35.5. The fourth-order valence-electron chi connectivity index (χ4n) is 2.04. The molecule has 0 aromatic heterocycles. The quantitative estimate of drug-likeness (QED) is 0.806. The van der Waals surface area contributed by atoms with Gasteiger partial charge in [-0.25, -0.2) is 0 Å². The summed E-state index contributed by atoms with van der Waals surface area (Å²) in [6.07, 6.45) is 2.19. The lowest BCUT2D eigenvalue weighted by Crippen LogP contribution is -2.38. The molecule has 0 heterocycles. The molecule has 2 rings (SSSR count). The first-order valence-electron chi connectivity index (χ1n) is 6.63. The van der Waals surface area contributed by atoms with Crippen LogP contribution < -0.4 is 5.32 Å². The molecule has 0 saturated heterocycles. The van der Waals surface area contributed by atoms with Crippen LogP contribution in [0.25, 0.3) is 0 Å². The second-order valence-corrected chi connectivity index (χ2v) is 5.94. The van der Waals surface area contributed by atoms with Gasteiger partial charge in [0.1, 0.15) is 0 Å². The Balaban J connectivity index is 1.94. The first kappa shape index (κ1) is 16.1. The van der Waals surface area contributed by atoms with Crippen LogP contribution in [0, 0.1) is 5.92 Å². The van der Waals surface area contributed by atoms with E-state index in [-0.39, 0.29) is 24.0 Å². The Morgan fingerprint density at radius 2 is 2.00 bits per heavy atom. The highest BCUT2D eigenvalue weighted by Crippen LogP contribution is 2.30. The summed E-state index contributed by atoms with van der Waals surface area (Å²) in [5, 5.41) is 12.2. The van der Waals surface area contributed by atoms with E-state index in [4.69, 9.17) is 28.3 Å². The number of benzene rings is 1. The molecule has 0 atom stereocenters. The van der Waals surface area contributed by atoms with Crippen molar-refractivity contribution >= 4 is 40.8 Å². The van der Waals surface area contributed by atoms with Crippen LogP contribution in [0.1, 0.15) is 12.8 Å². The van der Waals surface area contributed by atoms with Crippen molar-refractivity contribution in [3.63, 3.8) is 0 Å². The number of nitrogens with one attached hydrogen (secondary N) is 1. The fraction of sp³-hybridized carbons (Fsp3) is 0.429. The molecule has 1 aliphatic carbocycles. The molecule has 1 fully saturated rings. The molecule has 0 radical (unpaired) electrons. The highest BCUT2D eigenvalue weighted by molar-refractivity contribution is 6.43. The number of nitrogens with zero attached hydrogens (tertiary/aromatic N) is 1. The van der Waals surface area contributed by atoms with E-state index in [1.807, 2.05) is 0 Å². The van der Waals surface area contributed by atoms with Crippen LogP contribution in [0.15, 0.2) is 18.2 Å². The van der Waals surface area contributed by atoms with Crippen molar-refractivity contribution in [3.05, 3.63) is 28.2 Å². The van der Waals surface area contributed by atoms with Crippen molar-refractivity contribution in [2.24, 2.45) is 5.92 Å². The van der Waals surface area contributed by atoms with E-state index >= 15 is 0 Å².